The standard InChI is InChI=1S/C22H34O4/c1-21-11-9-15(24-3)13-14(21)5-6-16-17-7-8-19(26-20(23)25-4)22(17,2)12-10-18(16)21/h9,11,14-19H,5-8,10,12-13H2,1-4H3/t14-,15+,16-,17-,18-,19-,21-,22-/m0/s1. The van der Waals surface area contributed by atoms with Crippen LogP contribution < -0.4 is 0 Å². The molecule has 0 radical (unpaired) electrons. The molecule has 0 aromatic carbocycles. The zero-order valence-corrected chi connectivity index (χ0v) is 16.7. The Hall–Kier alpha value is -1.03. The summed E-state index contributed by atoms with van der Waals surface area (Å²) in [6, 6.07) is 0. The molecule has 4 heteroatoms. The van der Waals surface area contributed by atoms with Crippen LogP contribution in [0.2, 0.25) is 0 Å². The summed E-state index contributed by atoms with van der Waals surface area (Å²) in [5.41, 5.74) is 0.423. The van der Waals surface area contributed by atoms with E-state index in [1.54, 1.807) is 0 Å². The van der Waals surface area contributed by atoms with Crippen LogP contribution in [0.1, 0.15) is 58.8 Å². The molecule has 146 valence electrons. The maximum atomic E-state index is 11.7. The molecule has 4 rings (SSSR count). The molecule has 0 heterocycles. The summed E-state index contributed by atoms with van der Waals surface area (Å²) in [5.74, 6) is 2.92. The minimum Gasteiger partial charge on any atom is -0.438 e. The van der Waals surface area contributed by atoms with Crippen molar-refractivity contribution in [1.82, 2.24) is 0 Å². The summed E-state index contributed by atoms with van der Waals surface area (Å²) in [7, 11) is 3.23. The molecule has 0 bridgehead atoms. The fourth-order valence-corrected chi connectivity index (χ4v) is 7.26. The van der Waals surface area contributed by atoms with Gasteiger partial charge in [-0.15, -0.1) is 0 Å². The van der Waals surface area contributed by atoms with Crippen molar-refractivity contribution >= 4 is 6.16 Å². The van der Waals surface area contributed by atoms with E-state index >= 15 is 0 Å². The SMILES string of the molecule is COC(=O)O[C@H]1CC[C@H]2[C@@H]3CC[C@H]4C[C@H](OC)C=C[C@]4(C)[C@H]3CC[C@]12C. The molecule has 3 fully saturated rings. The van der Waals surface area contributed by atoms with Gasteiger partial charge in [-0.25, -0.2) is 4.79 Å². The highest BCUT2D eigenvalue weighted by molar-refractivity contribution is 5.60. The molecule has 4 nitrogen and oxygen atoms in total. The van der Waals surface area contributed by atoms with E-state index in [4.69, 9.17) is 14.2 Å². The maximum absolute atomic E-state index is 11.7. The lowest BCUT2D eigenvalue weighted by Gasteiger charge is -2.59. The summed E-state index contributed by atoms with van der Waals surface area (Å²) in [6.45, 7) is 4.86. The monoisotopic (exact) mass is 362 g/mol. The van der Waals surface area contributed by atoms with Gasteiger partial charge in [-0.3, -0.25) is 0 Å². The van der Waals surface area contributed by atoms with Gasteiger partial charge >= 0.3 is 6.16 Å². The molecule has 26 heavy (non-hydrogen) atoms. The zero-order chi connectivity index (χ0) is 18.5. The molecule has 0 aromatic rings. The molecule has 4 aliphatic carbocycles. The first-order chi connectivity index (χ1) is 12.4. The molecular weight excluding hydrogens is 328 g/mol. The Morgan fingerprint density at radius 3 is 2.58 bits per heavy atom. The Labute approximate surface area is 157 Å². The highest BCUT2D eigenvalue weighted by atomic mass is 16.7. The predicted molar refractivity (Wildman–Crippen MR) is 99.7 cm³/mol. The molecule has 0 N–H and O–H groups in total. The number of hydrogen-bond donors (Lipinski definition) is 0. The quantitative estimate of drug-likeness (QED) is 0.514. The van der Waals surface area contributed by atoms with Crippen molar-refractivity contribution in [2.75, 3.05) is 14.2 Å². The Morgan fingerprint density at radius 1 is 1.04 bits per heavy atom. The van der Waals surface area contributed by atoms with E-state index in [9.17, 15) is 4.79 Å². The molecule has 0 aromatic heterocycles. The fourth-order valence-electron chi connectivity index (χ4n) is 7.26. The molecular formula is C22H34O4. The van der Waals surface area contributed by atoms with E-state index in [1.807, 2.05) is 7.11 Å². The fraction of sp³-hybridized carbons (Fsp3) is 0.864. The van der Waals surface area contributed by atoms with Crippen LogP contribution in [0, 0.1) is 34.5 Å². The van der Waals surface area contributed by atoms with Crippen molar-refractivity contribution in [2.24, 2.45) is 34.5 Å². The average molecular weight is 363 g/mol. The lowest BCUT2D eigenvalue weighted by molar-refractivity contribution is -0.107. The van der Waals surface area contributed by atoms with Crippen molar-refractivity contribution in [3.8, 4) is 0 Å². The van der Waals surface area contributed by atoms with Gasteiger partial charge in [-0.2, -0.15) is 0 Å². The van der Waals surface area contributed by atoms with Crippen LogP contribution in [0.25, 0.3) is 0 Å². The van der Waals surface area contributed by atoms with Crippen molar-refractivity contribution in [2.45, 2.75) is 71.0 Å². The van der Waals surface area contributed by atoms with Gasteiger partial charge in [0.05, 0.1) is 13.2 Å². The van der Waals surface area contributed by atoms with Gasteiger partial charge in [-0.1, -0.05) is 26.0 Å². The molecule has 0 aliphatic heterocycles. The van der Waals surface area contributed by atoms with Gasteiger partial charge in [-0.05, 0) is 74.0 Å². The molecule has 0 saturated heterocycles. The third-order valence-electron chi connectivity index (χ3n) is 8.77. The van der Waals surface area contributed by atoms with E-state index < -0.39 is 6.16 Å². The van der Waals surface area contributed by atoms with Gasteiger partial charge in [0, 0.05) is 12.5 Å². The van der Waals surface area contributed by atoms with E-state index in [0.717, 1.165) is 30.6 Å². The zero-order valence-electron chi connectivity index (χ0n) is 16.7. The van der Waals surface area contributed by atoms with Crippen LogP contribution in [0.4, 0.5) is 4.79 Å². The first kappa shape index (κ1) is 18.3. The smallest absolute Gasteiger partial charge is 0.438 e. The van der Waals surface area contributed by atoms with E-state index in [0.29, 0.717) is 17.4 Å². The molecule has 4 aliphatic rings. The number of carbonyl (C=O) groups excluding carboxylic acids is 1. The maximum Gasteiger partial charge on any atom is 0.508 e. The Balaban J connectivity index is 1.56. The van der Waals surface area contributed by atoms with Crippen LogP contribution in [0.15, 0.2) is 12.2 Å². The molecule has 3 saturated carbocycles. The molecule has 8 atom stereocenters. The third kappa shape index (κ3) is 2.63. The highest BCUT2D eigenvalue weighted by Gasteiger charge is 2.60. The highest BCUT2D eigenvalue weighted by Crippen LogP contribution is 2.65. The third-order valence-corrected chi connectivity index (χ3v) is 8.77. The van der Waals surface area contributed by atoms with E-state index in [2.05, 4.69) is 26.0 Å². The Kier molecular flexibility index (Phi) is 4.61. The average Bonchev–Trinajstić information content (AvgIpc) is 2.97. The molecule has 0 unspecified atom stereocenters. The largest absolute Gasteiger partial charge is 0.508 e. The first-order valence-electron chi connectivity index (χ1n) is 10.4. The van der Waals surface area contributed by atoms with E-state index in [1.165, 1.54) is 39.2 Å². The molecule has 0 spiro atoms. The van der Waals surface area contributed by atoms with Gasteiger partial charge < -0.3 is 14.2 Å². The number of fused-ring (bicyclic) bond motifs is 5. The van der Waals surface area contributed by atoms with Gasteiger partial charge in [0.25, 0.3) is 0 Å². The molecule has 0 amide bonds. The minimum absolute atomic E-state index is 0.0196. The van der Waals surface area contributed by atoms with Crippen molar-refractivity contribution < 1.29 is 19.0 Å². The van der Waals surface area contributed by atoms with Crippen molar-refractivity contribution in [1.29, 1.82) is 0 Å². The predicted octanol–water partition coefficient (Wildman–Crippen LogP) is 4.97. The topological polar surface area (TPSA) is 44.8 Å². The van der Waals surface area contributed by atoms with E-state index in [-0.39, 0.29) is 11.5 Å². The van der Waals surface area contributed by atoms with Crippen molar-refractivity contribution in [3.05, 3.63) is 12.2 Å². The summed E-state index contributed by atoms with van der Waals surface area (Å²) in [4.78, 5) is 11.7. The second kappa shape index (κ2) is 6.54. The lowest BCUT2D eigenvalue weighted by Crippen LogP contribution is -2.53. The van der Waals surface area contributed by atoms with Gasteiger partial charge in [0.2, 0.25) is 0 Å². The van der Waals surface area contributed by atoms with Crippen LogP contribution in [-0.2, 0) is 14.2 Å². The summed E-state index contributed by atoms with van der Waals surface area (Å²) < 4.78 is 16.1. The number of hydrogen-bond acceptors (Lipinski definition) is 4. The Morgan fingerprint density at radius 2 is 1.85 bits per heavy atom. The van der Waals surface area contributed by atoms with Crippen LogP contribution in [-0.4, -0.2) is 32.6 Å². The normalized spacial score (nSPS) is 49.7. The number of ether oxygens (including phenoxy) is 3. The van der Waals surface area contributed by atoms with Gasteiger partial charge in [0.1, 0.15) is 6.10 Å². The Bertz CT molecular complexity index is 587. The lowest BCUT2D eigenvalue weighted by atomic mass is 9.46. The van der Waals surface area contributed by atoms with Crippen LogP contribution >= 0.6 is 0 Å². The summed E-state index contributed by atoms with van der Waals surface area (Å²) in [5, 5.41) is 0. The number of allylic oxidation sites excluding steroid dienone is 1. The van der Waals surface area contributed by atoms with Crippen molar-refractivity contribution in [3.63, 3.8) is 0 Å². The summed E-state index contributed by atoms with van der Waals surface area (Å²) in [6.07, 6.45) is 13.0. The second-order valence-electron chi connectivity index (χ2n) is 9.57. The summed E-state index contributed by atoms with van der Waals surface area (Å²) >= 11 is 0. The van der Waals surface area contributed by atoms with Crippen LogP contribution in [0.3, 0.4) is 0 Å². The van der Waals surface area contributed by atoms with Gasteiger partial charge in [0.15, 0.2) is 0 Å². The second-order valence-corrected chi connectivity index (χ2v) is 9.57. The number of methoxy groups -OCH3 is 2. The minimum atomic E-state index is -0.518. The number of rotatable bonds is 2. The van der Waals surface area contributed by atoms with Crippen LogP contribution in [0.5, 0.6) is 0 Å². The number of carbonyl (C=O) groups is 1. The first-order valence-corrected chi connectivity index (χ1v) is 10.4.